The SMILES string of the molecule is NC(=O)c1ccc(C(=O)NCC(O)c2ccc(Cl)cc2)cc1. The minimum atomic E-state index is -0.828. The number of nitrogens with two attached hydrogens (primary N) is 1. The summed E-state index contributed by atoms with van der Waals surface area (Å²) >= 11 is 5.77. The van der Waals surface area contributed by atoms with Crippen molar-refractivity contribution in [1.82, 2.24) is 5.32 Å². The Morgan fingerprint density at radius 2 is 1.59 bits per heavy atom. The first kappa shape index (κ1) is 16.0. The molecule has 6 heteroatoms. The Balaban J connectivity index is 1.94. The van der Waals surface area contributed by atoms with Crippen LogP contribution in [0.5, 0.6) is 0 Å². The smallest absolute Gasteiger partial charge is 0.251 e. The second-order valence-corrected chi connectivity index (χ2v) is 5.16. The van der Waals surface area contributed by atoms with Crippen molar-refractivity contribution >= 4 is 23.4 Å². The molecule has 114 valence electrons. The molecule has 0 aliphatic heterocycles. The summed E-state index contributed by atoms with van der Waals surface area (Å²) < 4.78 is 0. The first-order valence-electron chi connectivity index (χ1n) is 6.59. The van der Waals surface area contributed by atoms with Gasteiger partial charge in [-0.3, -0.25) is 9.59 Å². The van der Waals surface area contributed by atoms with Crippen molar-refractivity contribution < 1.29 is 14.7 Å². The molecule has 2 aromatic rings. The van der Waals surface area contributed by atoms with Crippen molar-refractivity contribution in [3.8, 4) is 0 Å². The molecule has 0 heterocycles. The highest BCUT2D eigenvalue weighted by Crippen LogP contribution is 2.16. The van der Waals surface area contributed by atoms with E-state index in [1.165, 1.54) is 24.3 Å². The second-order valence-electron chi connectivity index (χ2n) is 4.72. The van der Waals surface area contributed by atoms with Crippen molar-refractivity contribution in [1.29, 1.82) is 0 Å². The van der Waals surface area contributed by atoms with E-state index >= 15 is 0 Å². The second kappa shape index (κ2) is 7.06. The van der Waals surface area contributed by atoms with Gasteiger partial charge in [0.1, 0.15) is 0 Å². The highest BCUT2D eigenvalue weighted by atomic mass is 35.5. The molecule has 0 saturated carbocycles. The normalized spacial score (nSPS) is 11.7. The summed E-state index contributed by atoms with van der Waals surface area (Å²) in [7, 11) is 0. The molecule has 0 spiro atoms. The third kappa shape index (κ3) is 4.07. The van der Waals surface area contributed by atoms with E-state index in [2.05, 4.69) is 5.32 Å². The average Bonchev–Trinajstić information content (AvgIpc) is 2.53. The summed E-state index contributed by atoms with van der Waals surface area (Å²) in [6, 6.07) is 12.7. The lowest BCUT2D eigenvalue weighted by molar-refractivity contribution is 0.0915. The molecule has 4 N–H and O–H groups in total. The summed E-state index contributed by atoms with van der Waals surface area (Å²) in [4.78, 5) is 22.9. The molecule has 0 radical (unpaired) electrons. The topological polar surface area (TPSA) is 92.4 Å². The number of nitrogens with one attached hydrogen (secondary N) is 1. The van der Waals surface area contributed by atoms with Crippen LogP contribution in [0.3, 0.4) is 0 Å². The highest BCUT2D eigenvalue weighted by Gasteiger charge is 2.11. The zero-order valence-corrected chi connectivity index (χ0v) is 12.4. The predicted molar refractivity (Wildman–Crippen MR) is 83.7 cm³/mol. The van der Waals surface area contributed by atoms with E-state index in [0.717, 1.165) is 0 Å². The van der Waals surface area contributed by atoms with Gasteiger partial charge in [0.05, 0.1) is 6.10 Å². The number of aliphatic hydroxyl groups is 1. The fourth-order valence-corrected chi connectivity index (χ4v) is 2.01. The van der Waals surface area contributed by atoms with Crippen LogP contribution in [-0.4, -0.2) is 23.5 Å². The Morgan fingerprint density at radius 3 is 2.14 bits per heavy atom. The molecular formula is C16H15ClN2O3. The number of amides is 2. The van der Waals surface area contributed by atoms with Crippen LogP contribution in [-0.2, 0) is 0 Å². The number of hydrogen-bond donors (Lipinski definition) is 3. The molecule has 2 aromatic carbocycles. The van der Waals surface area contributed by atoms with Gasteiger partial charge in [0, 0.05) is 22.7 Å². The summed E-state index contributed by atoms with van der Waals surface area (Å²) in [5, 5.41) is 13.2. The number of carbonyl (C=O) groups excluding carboxylic acids is 2. The number of aliphatic hydroxyl groups excluding tert-OH is 1. The lowest BCUT2D eigenvalue weighted by Gasteiger charge is -2.12. The monoisotopic (exact) mass is 318 g/mol. The van der Waals surface area contributed by atoms with Gasteiger partial charge in [0.15, 0.2) is 0 Å². The van der Waals surface area contributed by atoms with Gasteiger partial charge in [-0.1, -0.05) is 23.7 Å². The van der Waals surface area contributed by atoms with Gasteiger partial charge in [-0.15, -0.1) is 0 Å². The summed E-state index contributed by atoms with van der Waals surface area (Å²) in [5.41, 5.74) is 6.51. The van der Waals surface area contributed by atoms with Crippen molar-refractivity contribution in [3.05, 3.63) is 70.2 Å². The maximum absolute atomic E-state index is 12.0. The van der Waals surface area contributed by atoms with Crippen LogP contribution in [0.25, 0.3) is 0 Å². The van der Waals surface area contributed by atoms with Crippen molar-refractivity contribution in [2.24, 2.45) is 5.73 Å². The maximum atomic E-state index is 12.0. The van der Waals surface area contributed by atoms with E-state index in [9.17, 15) is 14.7 Å². The first-order chi connectivity index (χ1) is 10.5. The minimum absolute atomic E-state index is 0.0675. The molecule has 5 nitrogen and oxygen atoms in total. The van der Waals surface area contributed by atoms with Gasteiger partial charge >= 0.3 is 0 Å². The quantitative estimate of drug-likeness (QED) is 0.786. The molecule has 2 rings (SSSR count). The standard InChI is InChI=1S/C16H15ClN2O3/c17-13-7-5-10(6-8-13)14(20)9-19-16(22)12-3-1-11(2-4-12)15(18)21/h1-8,14,20H,9H2,(H2,18,21)(H,19,22). The average molecular weight is 319 g/mol. The summed E-state index contributed by atoms with van der Waals surface area (Å²) in [6.07, 6.45) is -0.828. The van der Waals surface area contributed by atoms with Crippen LogP contribution >= 0.6 is 11.6 Å². The Kier molecular flexibility index (Phi) is 5.14. The first-order valence-corrected chi connectivity index (χ1v) is 6.97. The minimum Gasteiger partial charge on any atom is -0.387 e. The van der Waals surface area contributed by atoms with Crippen molar-refractivity contribution in [2.45, 2.75) is 6.10 Å². The Morgan fingerprint density at radius 1 is 1.05 bits per heavy atom. The van der Waals surface area contributed by atoms with Gasteiger partial charge < -0.3 is 16.2 Å². The third-order valence-electron chi connectivity index (χ3n) is 3.14. The zero-order chi connectivity index (χ0) is 16.1. The lowest BCUT2D eigenvalue weighted by Crippen LogP contribution is -2.28. The molecule has 1 atom stereocenters. The van der Waals surface area contributed by atoms with Gasteiger partial charge in [-0.2, -0.15) is 0 Å². The molecule has 0 aliphatic carbocycles. The van der Waals surface area contributed by atoms with Crippen LogP contribution in [0.4, 0.5) is 0 Å². The summed E-state index contributed by atoms with van der Waals surface area (Å²) in [6.45, 7) is 0.0675. The predicted octanol–water partition coefficient (Wildman–Crippen LogP) is 1.90. The van der Waals surface area contributed by atoms with E-state index in [1.54, 1.807) is 24.3 Å². The number of rotatable bonds is 5. The van der Waals surface area contributed by atoms with Crippen molar-refractivity contribution in [2.75, 3.05) is 6.54 Å². The fraction of sp³-hybridized carbons (Fsp3) is 0.125. The van der Waals surface area contributed by atoms with E-state index < -0.39 is 12.0 Å². The highest BCUT2D eigenvalue weighted by molar-refractivity contribution is 6.30. The molecule has 0 aromatic heterocycles. The van der Waals surface area contributed by atoms with E-state index in [0.29, 0.717) is 21.7 Å². The molecule has 2 amide bonds. The number of benzene rings is 2. The molecule has 0 aliphatic rings. The van der Waals surface area contributed by atoms with Gasteiger partial charge in [-0.25, -0.2) is 0 Å². The fourth-order valence-electron chi connectivity index (χ4n) is 1.88. The molecule has 22 heavy (non-hydrogen) atoms. The van der Waals surface area contributed by atoms with Crippen LogP contribution in [0.15, 0.2) is 48.5 Å². The van der Waals surface area contributed by atoms with Crippen LogP contribution in [0.2, 0.25) is 5.02 Å². The number of hydrogen-bond acceptors (Lipinski definition) is 3. The van der Waals surface area contributed by atoms with Crippen LogP contribution < -0.4 is 11.1 Å². The zero-order valence-electron chi connectivity index (χ0n) is 11.6. The maximum Gasteiger partial charge on any atom is 0.251 e. The third-order valence-corrected chi connectivity index (χ3v) is 3.39. The van der Waals surface area contributed by atoms with Gasteiger partial charge in [-0.05, 0) is 42.0 Å². The van der Waals surface area contributed by atoms with Crippen LogP contribution in [0.1, 0.15) is 32.4 Å². The van der Waals surface area contributed by atoms with Gasteiger partial charge in [0.25, 0.3) is 5.91 Å². The molecule has 1 unspecified atom stereocenters. The Labute approximate surface area is 132 Å². The molecule has 0 saturated heterocycles. The molecule has 0 bridgehead atoms. The summed E-state index contributed by atoms with van der Waals surface area (Å²) in [5.74, 6) is -0.894. The number of halogens is 1. The van der Waals surface area contributed by atoms with E-state index in [4.69, 9.17) is 17.3 Å². The van der Waals surface area contributed by atoms with Crippen LogP contribution in [0, 0.1) is 0 Å². The van der Waals surface area contributed by atoms with E-state index in [1.807, 2.05) is 0 Å². The Bertz CT molecular complexity index is 669. The van der Waals surface area contributed by atoms with Gasteiger partial charge in [0.2, 0.25) is 5.91 Å². The van der Waals surface area contributed by atoms with E-state index in [-0.39, 0.29) is 12.5 Å². The number of primary amides is 1. The molecular weight excluding hydrogens is 304 g/mol. The number of carbonyl (C=O) groups is 2. The molecule has 0 fully saturated rings. The Hall–Kier alpha value is -2.37. The largest absolute Gasteiger partial charge is 0.387 e. The lowest BCUT2D eigenvalue weighted by atomic mass is 10.1. The van der Waals surface area contributed by atoms with Crippen molar-refractivity contribution in [3.63, 3.8) is 0 Å².